The van der Waals surface area contributed by atoms with Crippen molar-refractivity contribution in [3.63, 3.8) is 0 Å². The lowest BCUT2D eigenvalue weighted by Crippen LogP contribution is -2.33. The van der Waals surface area contributed by atoms with Gasteiger partial charge in [0.15, 0.2) is 0 Å². The van der Waals surface area contributed by atoms with Crippen LogP contribution in [0.25, 0.3) is 11.1 Å². The van der Waals surface area contributed by atoms with E-state index in [-0.39, 0.29) is 0 Å². The van der Waals surface area contributed by atoms with Gasteiger partial charge in [0, 0.05) is 25.1 Å². The van der Waals surface area contributed by atoms with Crippen molar-refractivity contribution in [2.45, 2.75) is 26.9 Å². The molecule has 2 nitrogen and oxygen atoms in total. The average molecular weight is 278 g/mol. The maximum atomic E-state index is 2.33. The summed E-state index contributed by atoms with van der Waals surface area (Å²) in [5.74, 6) is 0. The number of hydrogen-bond donors (Lipinski definition) is 0. The molecule has 1 aliphatic rings. The molecule has 0 saturated heterocycles. The van der Waals surface area contributed by atoms with E-state index in [0.29, 0.717) is 6.17 Å². The van der Waals surface area contributed by atoms with Crippen molar-refractivity contribution in [1.29, 1.82) is 0 Å². The molecule has 0 N–H and O–H groups in total. The Kier molecular flexibility index (Phi) is 3.46. The topological polar surface area (TPSA) is 6.48 Å². The molecule has 1 aliphatic heterocycles. The summed E-state index contributed by atoms with van der Waals surface area (Å²) in [7, 11) is 2.11. The van der Waals surface area contributed by atoms with Gasteiger partial charge < -0.3 is 9.80 Å². The Labute approximate surface area is 127 Å². The lowest BCUT2D eigenvalue weighted by molar-refractivity contribution is 0.383. The molecule has 21 heavy (non-hydrogen) atoms. The number of aryl methyl sites for hydroxylation is 1. The molecule has 3 rings (SSSR count). The Balaban J connectivity index is 2.08. The van der Waals surface area contributed by atoms with Crippen molar-refractivity contribution >= 4 is 5.69 Å². The minimum atomic E-state index is 0.357. The van der Waals surface area contributed by atoms with Crippen LogP contribution in [0, 0.1) is 13.8 Å². The number of nitrogens with zero attached hydrogens (tertiary/aromatic N) is 2. The van der Waals surface area contributed by atoms with E-state index in [1.807, 2.05) is 0 Å². The van der Waals surface area contributed by atoms with Gasteiger partial charge in [-0.05, 0) is 49.1 Å². The summed E-state index contributed by atoms with van der Waals surface area (Å²) in [6.07, 6.45) is 4.65. The second-order valence-electron chi connectivity index (χ2n) is 5.77. The van der Waals surface area contributed by atoms with Crippen LogP contribution in [-0.2, 0) is 0 Å². The summed E-state index contributed by atoms with van der Waals surface area (Å²) < 4.78 is 0. The van der Waals surface area contributed by atoms with Crippen LogP contribution in [0.3, 0.4) is 0 Å². The molecular formula is C19H22N2. The average Bonchev–Trinajstić information content (AvgIpc) is 2.80. The van der Waals surface area contributed by atoms with E-state index < -0.39 is 0 Å². The number of anilines is 1. The summed E-state index contributed by atoms with van der Waals surface area (Å²) in [4.78, 5) is 4.55. The first-order chi connectivity index (χ1) is 10.1. The van der Waals surface area contributed by atoms with Gasteiger partial charge in [0.25, 0.3) is 0 Å². The summed E-state index contributed by atoms with van der Waals surface area (Å²) in [6, 6.07) is 15.2. The third-order valence-corrected chi connectivity index (χ3v) is 4.47. The fourth-order valence-corrected chi connectivity index (χ4v) is 2.97. The van der Waals surface area contributed by atoms with E-state index in [1.165, 1.54) is 27.9 Å². The standard InChI is InChI=1S/C19H22N2/c1-14-8-5-6-9-17(14)18-10-7-11-19(15(18)2)21-13-12-20(4)16(21)3/h5-13,16H,1-4H3. The highest BCUT2D eigenvalue weighted by molar-refractivity contribution is 5.76. The van der Waals surface area contributed by atoms with Crippen LogP contribution in [0.15, 0.2) is 54.9 Å². The second-order valence-corrected chi connectivity index (χ2v) is 5.77. The first-order valence-electron chi connectivity index (χ1n) is 7.44. The van der Waals surface area contributed by atoms with E-state index in [0.717, 1.165) is 0 Å². The first-order valence-corrected chi connectivity index (χ1v) is 7.44. The predicted octanol–water partition coefficient (Wildman–Crippen LogP) is 4.54. The van der Waals surface area contributed by atoms with E-state index >= 15 is 0 Å². The molecule has 1 atom stereocenters. The normalized spacial score (nSPS) is 17.6. The second kappa shape index (κ2) is 5.28. The Bertz CT molecular complexity index is 688. The Hall–Kier alpha value is -2.22. The zero-order valence-electron chi connectivity index (χ0n) is 13.2. The van der Waals surface area contributed by atoms with Crippen LogP contribution in [0.5, 0.6) is 0 Å². The lowest BCUT2D eigenvalue weighted by atomic mass is 9.95. The highest BCUT2D eigenvalue weighted by Crippen LogP contribution is 2.34. The molecule has 2 heteroatoms. The van der Waals surface area contributed by atoms with Gasteiger partial charge in [-0.2, -0.15) is 0 Å². The fraction of sp³-hybridized carbons (Fsp3) is 0.263. The number of hydrogen-bond acceptors (Lipinski definition) is 2. The van der Waals surface area contributed by atoms with Crippen molar-refractivity contribution in [3.05, 3.63) is 66.0 Å². The van der Waals surface area contributed by atoms with Crippen LogP contribution >= 0.6 is 0 Å². The molecule has 1 heterocycles. The van der Waals surface area contributed by atoms with E-state index in [4.69, 9.17) is 0 Å². The molecule has 2 aromatic rings. The summed E-state index contributed by atoms with van der Waals surface area (Å²) in [5.41, 5.74) is 6.57. The summed E-state index contributed by atoms with van der Waals surface area (Å²) >= 11 is 0. The van der Waals surface area contributed by atoms with E-state index in [9.17, 15) is 0 Å². The van der Waals surface area contributed by atoms with E-state index in [1.54, 1.807) is 0 Å². The van der Waals surface area contributed by atoms with Gasteiger partial charge in [0.05, 0.1) is 0 Å². The van der Waals surface area contributed by atoms with Crippen LogP contribution in [0.2, 0.25) is 0 Å². The minimum absolute atomic E-state index is 0.357. The Morgan fingerprint density at radius 2 is 1.57 bits per heavy atom. The van der Waals surface area contributed by atoms with Crippen molar-refractivity contribution in [2.24, 2.45) is 0 Å². The van der Waals surface area contributed by atoms with Crippen molar-refractivity contribution < 1.29 is 0 Å². The SMILES string of the molecule is Cc1ccccc1-c1cccc(N2C=CN(C)C2C)c1C. The van der Waals surface area contributed by atoms with Crippen molar-refractivity contribution in [3.8, 4) is 11.1 Å². The van der Waals surface area contributed by atoms with Gasteiger partial charge in [0.1, 0.15) is 6.17 Å². The molecule has 0 spiro atoms. The Morgan fingerprint density at radius 3 is 2.24 bits per heavy atom. The summed E-state index contributed by atoms with van der Waals surface area (Å²) in [5, 5.41) is 0. The third kappa shape index (κ3) is 2.31. The van der Waals surface area contributed by atoms with Crippen LogP contribution in [0.1, 0.15) is 18.1 Å². The van der Waals surface area contributed by atoms with Gasteiger partial charge >= 0.3 is 0 Å². The molecular weight excluding hydrogens is 256 g/mol. The van der Waals surface area contributed by atoms with Gasteiger partial charge in [-0.1, -0.05) is 36.4 Å². The van der Waals surface area contributed by atoms with Gasteiger partial charge in [-0.15, -0.1) is 0 Å². The molecule has 108 valence electrons. The molecule has 0 bridgehead atoms. The molecule has 0 aromatic heterocycles. The summed E-state index contributed by atoms with van der Waals surface area (Å²) in [6.45, 7) is 6.61. The minimum Gasteiger partial charge on any atom is -0.359 e. The quantitative estimate of drug-likeness (QED) is 0.795. The number of rotatable bonds is 2. The maximum absolute atomic E-state index is 2.33. The molecule has 2 aromatic carbocycles. The molecule has 0 amide bonds. The van der Waals surface area contributed by atoms with Crippen LogP contribution < -0.4 is 4.90 Å². The van der Waals surface area contributed by atoms with Crippen molar-refractivity contribution in [1.82, 2.24) is 4.90 Å². The zero-order chi connectivity index (χ0) is 15.0. The van der Waals surface area contributed by atoms with Gasteiger partial charge in [0.2, 0.25) is 0 Å². The molecule has 1 unspecified atom stereocenters. The van der Waals surface area contributed by atoms with E-state index in [2.05, 4.69) is 92.5 Å². The van der Waals surface area contributed by atoms with Gasteiger partial charge in [-0.25, -0.2) is 0 Å². The van der Waals surface area contributed by atoms with Crippen LogP contribution in [-0.4, -0.2) is 18.1 Å². The monoisotopic (exact) mass is 278 g/mol. The maximum Gasteiger partial charge on any atom is 0.102 e. The molecule has 0 fully saturated rings. The highest BCUT2D eigenvalue weighted by atomic mass is 15.4. The molecule has 0 aliphatic carbocycles. The van der Waals surface area contributed by atoms with Gasteiger partial charge in [-0.3, -0.25) is 0 Å². The predicted molar refractivity (Wildman–Crippen MR) is 90.2 cm³/mol. The molecule has 0 saturated carbocycles. The van der Waals surface area contributed by atoms with Crippen LogP contribution in [0.4, 0.5) is 5.69 Å². The highest BCUT2D eigenvalue weighted by Gasteiger charge is 2.22. The smallest absolute Gasteiger partial charge is 0.102 e. The Morgan fingerprint density at radius 1 is 0.857 bits per heavy atom. The fourth-order valence-electron chi connectivity index (χ4n) is 2.97. The lowest BCUT2D eigenvalue weighted by Gasteiger charge is -2.29. The van der Waals surface area contributed by atoms with Crippen molar-refractivity contribution in [2.75, 3.05) is 11.9 Å². The zero-order valence-corrected chi connectivity index (χ0v) is 13.2. The number of benzene rings is 2. The first kappa shape index (κ1) is 13.7. The third-order valence-electron chi connectivity index (χ3n) is 4.47. The largest absolute Gasteiger partial charge is 0.359 e. The molecule has 0 radical (unpaired) electrons.